The van der Waals surface area contributed by atoms with Crippen molar-refractivity contribution in [1.82, 2.24) is 0 Å². The summed E-state index contributed by atoms with van der Waals surface area (Å²) in [5.41, 5.74) is 17.1. The summed E-state index contributed by atoms with van der Waals surface area (Å²) in [6.45, 7) is 33.7. The minimum absolute atomic E-state index is 0. The summed E-state index contributed by atoms with van der Waals surface area (Å²) in [7, 11) is 0. The number of fused-ring (bicyclic) bond motifs is 5. The van der Waals surface area contributed by atoms with Crippen LogP contribution in [0.2, 0.25) is 0 Å². The van der Waals surface area contributed by atoms with Crippen LogP contribution < -0.4 is 24.8 Å². The summed E-state index contributed by atoms with van der Waals surface area (Å²) in [4.78, 5) is 0. The van der Waals surface area contributed by atoms with Gasteiger partial charge in [0, 0.05) is 0 Å². The molecule has 1 atom stereocenters. The van der Waals surface area contributed by atoms with Crippen LogP contribution in [0.15, 0.2) is 57.4 Å². The number of hydrogen-bond donors (Lipinski definition) is 0. The number of hydrogen-bond acceptors (Lipinski definition) is 0. The molecule has 0 heterocycles. The molecular formula is C41H52Cl2Zr. The Morgan fingerprint density at radius 1 is 0.682 bits per heavy atom. The number of benzene rings is 2. The van der Waals surface area contributed by atoms with Crippen LogP contribution in [0.4, 0.5) is 0 Å². The van der Waals surface area contributed by atoms with E-state index in [1.165, 1.54) is 50.1 Å². The molecule has 44 heavy (non-hydrogen) atoms. The molecule has 0 aromatic heterocycles. The number of halogens is 2. The van der Waals surface area contributed by atoms with Gasteiger partial charge in [-0.2, -0.15) is 0 Å². The van der Waals surface area contributed by atoms with E-state index in [1.54, 1.807) is 17.6 Å². The largest absolute Gasteiger partial charge is 1.00 e. The van der Waals surface area contributed by atoms with Gasteiger partial charge in [0.15, 0.2) is 0 Å². The van der Waals surface area contributed by atoms with E-state index in [1.807, 2.05) is 0 Å². The predicted molar refractivity (Wildman–Crippen MR) is 182 cm³/mol. The van der Waals surface area contributed by atoms with E-state index >= 15 is 0 Å². The van der Waals surface area contributed by atoms with E-state index in [0.29, 0.717) is 9.54 Å². The molecule has 0 saturated carbocycles. The van der Waals surface area contributed by atoms with E-state index in [0.717, 1.165) is 0 Å². The van der Waals surface area contributed by atoms with E-state index < -0.39 is 21.3 Å². The molecule has 234 valence electrons. The first-order valence-corrected chi connectivity index (χ1v) is 20.0. The molecule has 0 saturated heterocycles. The molecule has 2 aromatic rings. The van der Waals surface area contributed by atoms with E-state index in [9.17, 15) is 0 Å². The maximum absolute atomic E-state index is 2.69. The Morgan fingerprint density at radius 2 is 1.09 bits per heavy atom. The van der Waals surface area contributed by atoms with Crippen molar-refractivity contribution in [3.8, 4) is 11.1 Å². The van der Waals surface area contributed by atoms with Crippen molar-refractivity contribution in [3.63, 3.8) is 0 Å². The Bertz CT molecular complexity index is 1620. The monoisotopic (exact) mass is 704 g/mol. The summed E-state index contributed by atoms with van der Waals surface area (Å²) in [5, 5.41) is 0. The van der Waals surface area contributed by atoms with Crippen molar-refractivity contribution in [1.29, 1.82) is 0 Å². The molecule has 4 aliphatic carbocycles. The quantitative estimate of drug-likeness (QED) is 0.387. The molecule has 0 N–H and O–H groups in total. The minimum atomic E-state index is -2.32. The van der Waals surface area contributed by atoms with Gasteiger partial charge in [-0.1, -0.05) is 0 Å². The van der Waals surface area contributed by atoms with E-state index in [-0.39, 0.29) is 46.5 Å². The van der Waals surface area contributed by atoms with Gasteiger partial charge in [0.05, 0.1) is 0 Å². The summed E-state index contributed by atoms with van der Waals surface area (Å²) < 4.78 is 4.01. The maximum Gasteiger partial charge on any atom is -1.00 e. The molecule has 4 aliphatic rings. The van der Waals surface area contributed by atoms with Gasteiger partial charge in [-0.05, 0) is 0 Å². The Kier molecular flexibility index (Phi) is 9.03. The van der Waals surface area contributed by atoms with Gasteiger partial charge in [-0.3, -0.25) is 0 Å². The van der Waals surface area contributed by atoms with Gasteiger partial charge in [0.25, 0.3) is 0 Å². The fourth-order valence-electron chi connectivity index (χ4n) is 8.42. The van der Waals surface area contributed by atoms with Crippen molar-refractivity contribution in [2.24, 2.45) is 16.7 Å². The van der Waals surface area contributed by atoms with E-state index in [4.69, 9.17) is 0 Å². The first-order valence-electron chi connectivity index (χ1n) is 16.1. The van der Waals surface area contributed by atoms with Gasteiger partial charge in [-0.25, -0.2) is 0 Å². The van der Waals surface area contributed by atoms with Gasteiger partial charge in [-0.15, -0.1) is 0 Å². The smallest absolute Gasteiger partial charge is 1.00 e. The molecule has 0 fully saturated rings. The minimum Gasteiger partial charge on any atom is -1.00 e. The fourth-order valence-corrected chi connectivity index (χ4v) is 17.1. The van der Waals surface area contributed by atoms with Crippen LogP contribution >= 0.6 is 0 Å². The Labute approximate surface area is 288 Å². The molecule has 0 amide bonds. The first kappa shape index (κ1) is 35.6. The SMILES string of the molecule is CC1=CC(C)[C]([Zr+2](=[C](C)C)[CH]2c3cc4c(cc3-c3cc5c(cc32)C(C)(C)C=C5C(C)(C)C)C(C(C)(C)C)=CC4(C)C)=C1.[Cl-].[Cl-]. The zero-order valence-electron chi connectivity index (χ0n) is 29.5. The van der Waals surface area contributed by atoms with Crippen molar-refractivity contribution in [2.75, 3.05) is 0 Å². The van der Waals surface area contributed by atoms with Crippen LogP contribution in [0.3, 0.4) is 0 Å². The molecular weight excluding hydrogens is 655 g/mol. The van der Waals surface area contributed by atoms with Gasteiger partial charge < -0.3 is 24.8 Å². The second-order valence-corrected chi connectivity index (χ2v) is 24.5. The Balaban J connectivity index is 0.00000221. The second kappa shape index (κ2) is 11.2. The third-order valence-electron chi connectivity index (χ3n) is 10.4. The predicted octanol–water partition coefficient (Wildman–Crippen LogP) is 5.52. The van der Waals surface area contributed by atoms with Crippen molar-refractivity contribution in [3.05, 3.63) is 90.8 Å². The molecule has 0 radical (unpaired) electrons. The van der Waals surface area contributed by atoms with Crippen LogP contribution in [-0.2, 0) is 32.1 Å². The molecule has 6 rings (SSSR count). The van der Waals surface area contributed by atoms with Crippen LogP contribution in [0.5, 0.6) is 0 Å². The van der Waals surface area contributed by atoms with Crippen molar-refractivity contribution < 1.29 is 46.1 Å². The average molecular weight is 707 g/mol. The Morgan fingerprint density at radius 3 is 1.41 bits per heavy atom. The third-order valence-corrected chi connectivity index (χ3v) is 19.0. The number of allylic oxidation sites excluding steroid dienone is 8. The van der Waals surface area contributed by atoms with E-state index in [2.05, 4.69) is 146 Å². The normalized spacial score (nSPS) is 20.5. The third kappa shape index (κ3) is 5.44. The number of rotatable bonds is 2. The zero-order chi connectivity index (χ0) is 30.9. The second-order valence-electron chi connectivity index (χ2n) is 17.2. The van der Waals surface area contributed by atoms with Gasteiger partial charge >= 0.3 is 266 Å². The van der Waals surface area contributed by atoms with Gasteiger partial charge in [0.1, 0.15) is 0 Å². The van der Waals surface area contributed by atoms with Crippen molar-refractivity contribution >= 4 is 14.4 Å². The topological polar surface area (TPSA) is 0 Å². The van der Waals surface area contributed by atoms with Crippen LogP contribution in [0.25, 0.3) is 22.3 Å². The molecule has 0 aliphatic heterocycles. The van der Waals surface area contributed by atoms with Crippen LogP contribution in [-0.4, -0.2) is 3.21 Å². The zero-order valence-corrected chi connectivity index (χ0v) is 33.5. The molecule has 0 bridgehead atoms. The van der Waals surface area contributed by atoms with Crippen LogP contribution in [0.1, 0.15) is 134 Å². The molecule has 3 heteroatoms. The Hall–Kier alpha value is -1.27. The average Bonchev–Trinajstić information content (AvgIpc) is 3.51. The standard InChI is InChI=1S/C31H37.C7H9.C3H6.2ClH.Zr/c1-28(2,3)26-16-30(7,8)24-12-18-11-19-13-25-23(15-21(19)20(18)14-22(24)26)27(29(4,5)6)17-31(25,9)10;1-6-3-4-7(2)5-6;1-3-2;;;/h11-17H,1-10H3;3,5,7H,1-2H3;1-2H3;2*1H;/q;;;;;+2/p-2. The molecule has 0 spiro atoms. The maximum atomic E-state index is 2.69. The van der Waals surface area contributed by atoms with Gasteiger partial charge in [0.2, 0.25) is 0 Å². The van der Waals surface area contributed by atoms with Crippen LogP contribution in [0, 0.1) is 16.7 Å². The molecule has 0 nitrogen and oxygen atoms in total. The van der Waals surface area contributed by atoms with Crippen molar-refractivity contribution in [2.45, 2.75) is 111 Å². The first-order chi connectivity index (χ1) is 19.2. The molecule has 1 unspecified atom stereocenters. The summed E-state index contributed by atoms with van der Waals surface area (Å²) in [5.74, 6) is 0.557. The fraction of sp³-hybridized carbons (Fsp3) is 0.488. The summed E-state index contributed by atoms with van der Waals surface area (Å²) >= 11 is -2.32. The summed E-state index contributed by atoms with van der Waals surface area (Å²) in [6, 6.07) is 10.6. The molecule has 2 aromatic carbocycles. The summed E-state index contributed by atoms with van der Waals surface area (Å²) in [6.07, 6.45) is 10.2.